The van der Waals surface area contributed by atoms with Gasteiger partial charge in [-0.15, -0.1) is 0 Å². The molecule has 428 valence electrons. The summed E-state index contributed by atoms with van der Waals surface area (Å²) < 4.78 is 16.9. The minimum Gasteiger partial charge on any atom is -0.462 e. The fourth-order valence-electron chi connectivity index (χ4n) is 9.71. The number of rotatable bonds is 60. The molecule has 6 nitrogen and oxygen atoms in total. The normalized spacial score (nSPS) is 12.2. The zero-order valence-electron chi connectivity index (χ0n) is 49.2. The molecule has 0 rings (SSSR count). The molecule has 0 aliphatic heterocycles. The highest BCUT2D eigenvalue weighted by Gasteiger charge is 2.19. The van der Waals surface area contributed by atoms with Gasteiger partial charge in [0.15, 0.2) is 6.10 Å². The SMILES string of the molecule is CCCCCCC/C=C\C/C=C\CCCCCCCCCCCCCC(=O)OCC(COC(=O)CCCCCCCCCCCCCCCC)OC(=O)CCCCCCCCC/C=C\CCCCCCCCC. The van der Waals surface area contributed by atoms with Gasteiger partial charge in [0, 0.05) is 19.3 Å². The fraction of sp³-hybridized carbons (Fsp3) is 0.866. The second-order valence-electron chi connectivity index (χ2n) is 22.0. The van der Waals surface area contributed by atoms with Gasteiger partial charge >= 0.3 is 17.9 Å². The first-order chi connectivity index (χ1) is 36.0. The van der Waals surface area contributed by atoms with E-state index in [0.717, 1.165) is 64.2 Å². The van der Waals surface area contributed by atoms with Crippen LogP contribution in [0.5, 0.6) is 0 Å². The van der Waals surface area contributed by atoms with E-state index >= 15 is 0 Å². The summed E-state index contributed by atoms with van der Waals surface area (Å²) in [5.41, 5.74) is 0. The van der Waals surface area contributed by atoms with Crippen molar-refractivity contribution >= 4 is 17.9 Å². The van der Waals surface area contributed by atoms with Gasteiger partial charge in [0.2, 0.25) is 0 Å². The molecular formula is C67H124O6. The Morgan fingerprint density at radius 3 is 0.767 bits per heavy atom. The van der Waals surface area contributed by atoms with E-state index in [1.165, 1.54) is 250 Å². The Hall–Kier alpha value is -2.37. The molecule has 0 aliphatic carbocycles. The first kappa shape index (κ1) is 70.6. The summed E-state index contributed by atoms with van der Waals surface area (Å²) in [6, 6.07) is 0. The predicted octanol–water partition coefficient (Wildman–Crippen LogP) is 22.0. The summed E-state index contributed by atoms with van der Waals surface area (Å²) in [4.78, 5) is 38.3. The van der Waals surface area contributed by atoms with E-state index in [4.69, 9.17) is 14.2 Å². The number of unbranched alkanes of at least 4 members (excludes halogenated alkanes) is 43. The molecule has 1 unspecified atom stereocenters. The van der Waals surface area contributed by atoms with Crippen molar-refractivity contribution in [1.29, 1.82) is 0 Å². The number of allylic oxidation sites excluding steroid dienone is 6. The molecule has 0 N–H and O–H groups in total. The Morgan fingerprint density at radius 2 is 0.493 bits per heavy atom. The molecule has 0 bridgehead atoms. The Morgan fingerprint density at radius 1 is 0.274 bits per heavy atom. The maximum Gasteiger partial charge on any atom is 0.306 e. The molecule has 0 heterocycles. The van der Waals surface area contributed by atoms with Crippen molar-refractivity contribution in [2.45, 2.75) is 361 Å². The van der Waals surface area contributed by atoms with E-state index in [1.54, 1.807) is 0 Å². The van der Waals surface area contributed by atoms with Gasteiger partial charge in [0.25, 0.3) is 0 Å². The molecule has 0 aromatic rings. The van der Waals surface area contributed by atoms with Crippen LogP contribution in [-0.2, 0) is 28.6 Å². The van der Waals surface area contributed by atoms with Gasteiger partial charge in [-0.2, -0.15) is 0 Å². The van der Waals surface area contributed by atoms with Gasteiger partial charge in [0.1, 0.15) is 13.2 Å². The van der Waals surface area contributed by atoms with E-state index in [-0.39, 0.29) is 31.1 Å². The second kappa shape index (κ2) is 62.2. The molecule has 6 heteroatoms. The van der Waals surface area contributed by atoms with Crippen molar-refractivity contribution in [2.75, 3.05) is 13.2 Å². The molecule has 0 aliphatic rings. The number of esters is 3. The molecule has 0 aromatic heterocycles. The molecule has 0 aromatic carbocycles. The van der Waals surface area contributed by atoms with E-state index in [2.05, 4.69) is 57.2 Å². The molecule has 0 saturated heterocycles. The van der Waals surface area contributed by atoms with Crippen LogP contribution in [0.3, 0.4) is 0 Å². The number of carbonyl (C=O) groups is 3. The maximum absolute atomic E-state index is 12.9. The molecule has 0 radical (unpaired) electrons. The van der Waals surface area contributed by atoms with Crippen LogP contribution in [0.1, 0.15) is 355 Å². The topological polar surface area (TPSA) is 78.9 Å². The van der Waals surface area contributed by atoms with Crippen LogP contribution >= 0.6 is 0 Å². The third kappa shape index (κ3) is 60.4. The minimum atomic E-state index is -0.773. The van der Waals surface area contributed by atoms with Crippen molar-refractivity contribution in [3.63, 3.8) is 0 Å². The summed E-state index contributed by atoms with van der Waals surface area (Å²) in [5.74, 6) is -0.852. The van der Waals surface area contributed by atoms with Gasteiger partial charge < -0.3 is 14.2 Å². The van der Waals surface area contributed by atoms with Gasteiger partial charge in [-0.05, 0) is 77.0 Å². The van der Waals surface area contributed by atoms with Crippen LogP contribution in [0, 0.1) is 0 Å². The van der Waals surface area contributed by atoms with Crippen LogP contribution in [0.25, 0.3) is 0 Å². The third-order valence-corrected chi connectivity index (χ3v) is 14.6. The van der Waals surface area contributed by atoms with Crippen LogP contribution < -0.4 is 0 Å². The molecular weight excluding hydrogens is 901 g/mol. The van der Waals surface area contributed by atoms with Crippen LogP contribution in [-0.4, -0.2) is 37.2 Å². The Kier molecular flexibility index (Phi) is 60.2. The standard InChI is InChI=1S/C67H124O6/c1-4-7-10-13-16-19-22-25-28-30-32-33-34-35-36-38-39-42-45-48-51-54-57-60-66(69)72-63-64(62-71-65(68)59-56-53-50-47-44-41-27-24-21-18-15-12-9-6-3)73-67(70)61-58-55-52-49-46-43-40-37-31-29-26-23-20-17-14-11-8-5-2/h22,25,29-32,64H,4-21,23-24,26-28,33-63H2,1-3H3/b25-22-,31-29-,32-30-. The monoisotopic (exact) mass is 1020 g/mol. The number of hydrogen-bond donors (Lipinski definition) is 0. The number of ether oxygens (including phenoxy) is 3. The highest BCUT2D eigenvalue weighted by atomic mass is 16.6. The third-order valence-electron chi connectivity index (χ3n) is 14.6. The van der Waals surface area contributed by atoms with Gasteiger partial charge in [-0.25, -0.2) is 0 Å². The highest BCUT2D eigenvalue weighted by Crippen LogP contribution is 2.17. The van der Waals surface area contributed by atoms with Crippen molar-refractivity contribution in [3.05, 3.63) is 36.5 Å². The lowest BCUT2D eigenvalue weighted by molar-refractivity contribution is -0.167. The number of hydrogen-bond acceptors (Lipinski definition) is 6. The van der Waals surface area contributed by atoms with E-state index in [0.29, 0.717) is 19.3 Å². The first-order valence-electron chi connectivity index (χ1n) is 32.5. The first-order valence-corrected chi connectivity index (χ1v) is 32.5. The lowest BCUT2D eigenvalue weighted by Crippen LogP contribution is -2.30. The quantitative estimate of drug-likeness (QED) is 0.0261. The molecule has 0 saturated carbocycles. The van der Waals surface area contributed by atoms with E-state index in [1.807, 2.05) is 0 Å². The maximum atomic E-state index is 12.9. The van der Waals surface area contributed by atoms with Crippen LogP contribution in [0.15, 0.2) is 36.5 Å². The molecule has 0 amide bonds. The highest BCUT2D eigenvalue weighted by molar-refractivity contribution is 5.71. The van der Waals surface area contributed by atoms with Gasteiger partial charge in [-0.1, -0.05) is 295 Å². The van der Waals surface area contributed by atoms with Crippen molar-refractivity contribution in [3.8, 4) is 0 Å². The summed E-state index contributed by atoms with van der Waals surface area (Å²) in [7, 11) is 0. The van der Waals surface area contributed by atoms with Gasteiger partial charge in [-0.3, -0.25) is 14.4 Å². The van der Waals surface area contributed by atoms with Crippen LogP contribution in [0.4, 0.5) is 0 Å². The lowest BCUT2D eigenvalue weighted by Gasteiger charge is -2.18. The van der Waals surface area contributed by atoms with Crippen molar-refractivity contribution in [2.24, 2.45) is 0 Å². The molecule has 1 atom stereocenters. The smallest absolute Gasteiger partial charge is 0.306 e. The van der Waals surface area contributed by atoms with Crippen molar-refractivity contribution < 1.29 is 28.6 Å². The van der Waals surface area contributed by atoms with E-state index in [9.17, 15) is 14.4 Å². The largest absolute Gasteiger partial charge is 0.462 e. The Balaban J connectivity index is 4.30. The average Bonchev–Trinajstić information content (AvgIpc) is 3.39. The van der Waals surface area contributed by atoms with Gasteiger partial charge in [0.05, 0.1) is 0 Å². The second-order valence-corrected chi connectivity index (χ2v) is 22.0. The zero-order valence-corrected chi connectivity index (χ0v) is 49.2. The lowest BCUT2D eigenvalue weighted by atomic mass is 10.0. The summed E-state index contributed by atoms with van der Waals surface area (Å²) >= 11 is 0. The molecule has 73 heavy (non-hydrogen) atoms. The Labute approximate surface area is 455 Å². The number of carbonyl (C=O) groups excluding carboxylic acids is 3. The predicted molar refractivity (Wildman–Crippen MR) is 316 cm³/mol. The Bertz CT molecular complexity index is 1220. The van der Waals surface area contributed by atoms with E-state index < -0.39 is 6.10 Å². The zero-order chi connectivity index (χ0) is 52.9. The fourth-order valence-corrected chi connectivity index (χ4v) is 9.71. The van der Waals surface area contributed by atoms with Crippen LogP contribution in [0.2, 0.25) is 0 Å². The molecule has 0 spiro atoms. The minimum absolute atomic E-state index is 0.0699. The summed E-state index contributed by atoms with van der Waals surface area (Å²) in [6.45, 7) is 6.68. The summed E-state index contributed by atoms with van der Waals surface area (Å²) in [5, 5.41) is 0. The van der Waals surface area contributed by atoms with Crippen molar-refractivity contribution in [1.82, 2.24) is 0 Å². The average molecular weight is 1030 g/mol. The molecule has 0 fully saturated rings. The summed E-state index contributed by atoms with van der Waals surface area (Å²) in [6.07, 6.45) is 75.7.